The summed E-state index contributed by atoms with van der Waals surface area (Å²) < 4.78 is 5.33. The van der Waals surface area contributed by atoms with Crippen LogP contribution in [-0.2, 0) is 9.53 Å². The number of anilines is 1. The molecule has 2 amide bonds. The van der Waals surface area contributed by atoms with Gasteiger partial charge in [0.2, 0.25) is 0 Å². The molecule has 116 valence electrons. The van der Waals surface area contributed by atoms with Crippen LogP contribution in [0.3, 0.4) is 0 Å². The largest absolute Gasteiger partial charge is 0.458 e. The van der Waals surface area contributed by atoms with Gasteiger partial charge in [-0.3, -0.25) is 0 Å². The Morgan fingerprint density at radius 3 is 2.14 bits per heavy atom. The van der Waals surface area contributed by atoms with Crippen LogP contribution in [0.15, 0.2) is 30.3 Å². The molecule has 0 radical (unpaired) electrons. The Labute approximate surface area is 126 Å². The van der Waals surface area contributed by atoms with E-state index in [4.69, 9.17) is 4.74 Å². The Balaban J connectivity index is 2.66. The van der Waals surface area contributed by atoms with Crippen LogP contribution in [0.4, 0.5) is 10.5 Å². The first-order valence-corrected chi connectivity index (χ1v) is 7.04. The van der Waals surface area contributed by atoms with Crippen molar-refractivity contribution in [3.05, 3.63) is 30.3 Å². The summed E-state index contributed by atoms with van der Waals surface area (Å²) in [6, 6.07) is 7.95. The van der Waals surface area contributed by atoms with E-state index in [1.807, 2.05) is 32.0 Å². The number of hydrogen-bond donors (Lipinski definition) is 2. The quantitative estimate of drug-likeness (QED) is 0.838. The normalized spacial score (nSPS) is 12.7. The average Bonchev–Trinajstić information content (AvgIpc) is 2.34. The van der Waals surface area contributed by atoms with E-state index in [0.29, 0.717) is 5.69 Å². The molecule has 0 spiro atoms. The number of esters is 1. The molecule has 2 N–H and O–H groups in total. The van der Waals surface area contributed by atoms with Gasteiger partial charge in [-0.1, -0.05) is 32.0 Å². The molecule has 0 aliphatic heterocycles. The summed E-state index contributed by atoms with van der Waals surface area (Å²) in [6.07, 6.45) is 0. The minimum Gasteiger partial charge on any atom is -0.458 e. The molecule has 1 aromatic rings. The summed E-state index contributed by atoms with van der Waals surface area (Å²) in [6.45, 7) is 9.11. The van der Waals surface area contributed by atoms with Crippen molar-refractivity contribution in [2.24, 2.45) is 5.92 Å². The van der Waals surface area contributed by atoms with E-state index in [0.717, 1.165) is 0 Å². The Bertz CT molecular complexity index is 478. The first-order valence-electron chi connectivity index (χ1n) is 7.04. The third-order valence-electron chi connectivity index (χ3n) is 2.65. The van der Waals surface area contributed by atoms with Crippen LogP contribution < -0.4 is 10.6 Å². The molecule has 5 heteroatoms. The fourth-order valence-electron chi connectivity index (χ4n) is 1.69. The van der Waals surface area contributed by atoms with E-state index >= 15 is 0 Å². The Morgan fingerprint density at radius 1 is 1.10 bits per heavy atom. The van der Waals surface area contributed by atoms with Crippen LogP contribution >= 0.6 is 0 Å². The highest BCUT2D eigenvalue weighted by atomic mass is 16.6. The number of nitrogens with one attached hydrogen (secondary N) is 2. The lowest BCUT2D eigenvalue weighted by atomic mass is 10.0. The first kappa shape index (κ1) is 17.0. The lowest BCUT2D eigenvalue weighted by molar-refractivity contribution is -0.158. The van der Waals surface area contributed by atoms with Gasteiger partial charge in [0.05, 0.1) is 0 Å². The number of amides is 2. The zero-order chi connectivity index (χ0) is 16.0. The number of rotatable bonds is 4. The van der Waals surface area contributed by atoms with Gasteiger partial charge in [-0.2, -0.15) is 0 Å². The van der Waals surface area contributed by atoms with Crippen molar-refractivity contribution >= 4 is 17.7 Å². The second-order valence-electron chi connectivity index (χ2n) is 6.22. The van der Waals surface area contributed by atoms with Gasteiger partial charge in [0.25, 0.3) is 0 Å². The van der Waals surface area contributed by atoms with E-state index in [2.05, 4.69) is 10.6 Å². The predicted octanol–water partition coefficient (Wildman–Crippen LogP) is 3.17. The number of urea groups is 1. The van der Waals surface area contributed by atoms with Crippen molar-refractivity contribution in [1.82, 2.24) is 5.32 Å². The highest BCUT2D eigenvalue weighted by Gasteiger charge is 2.29. The molecular formula is C16H24N2O3. The number of hydrogen-bond acceptors (Lipinski definition) is 3. The van der Waals surface area contributed by atoms with Crippen molar-refractivity contribution in [1.29, 1.82) is 0 Å². The van der Waals surface area contributed by atoms with E-state index in [1.54, 1.807) is 32.9 Å². The zero-order valence-corrected chi connectivity index (χ0v) is 13.3. The van der Waals surface area contributed by atoms with E-state index in [-0.39, 0.29) is 5.92 Å². The molecule has 21 heavy (non-hydrogen) atoms. The van der Waals surface area contributed by atoms with Crippen molar-refractivity contribution in [3.63, 3.8) is 0 Å². The van der Waals surface area contributed by atoms with Crippen LogP contribution in [0.1, 0.15) is 34.6 Å². The smallest absolute Gasteiger partial charge is 0.329 e. The topological polar surface area (TPSA) is 67.4 Å². The van der Waals surface area contributed by atoms with E-state index < -0.39 is 23.6 Å². The van der Waals surface area contributed by atoms with Crippen molar-refractivity contribution in [2.75, 3.05) is 5.32 Å². The molecule has 0 aliphatic rings. The SMILES string of the molecule is CC(C)[C@H](NC(=O)Nc1ccccc1)C(=O)OC(C)(C)C. The van der Waals surface area contributed by atoms with E-state index in [1.165, 1.54) is 0 Å². The molecule has 1 aromatic carbocycles. The zero-order valence-electron chi connectivity index (χ0n) is 13.3. The van der Waals surface area contributed by atoms with Crippen LogP contribution in [0.5, 0.6) is 0 Å². The summed E-state index contributed by atoms with van der Waals surface area (Å²) in [7, 11) is 0. The molecule has 1 rings (SSSR count). The Hall–Kier alpha value is -2.04. The molecule has 0 aliphatic carbocycles. The second-order valence-corrected chi connectivity index (χ2v) is 6.22. The number of carbonyl (C=O) groups excluding carboxylic acids is 2. The van der Waals surface area contributed by atoms with Crippen LogP contribution in [0.2, 0.25) is 0 Å². The maximum absolute atomic E-state index is 12.1. The summed E-state index contributed by atoms with van der Waals surface area (Å²) in [5.41, 5.74) is 0.0867. The van der Waals surface area contributed by atoms with Crippen LogP contribution in [0, 0.1) is 5.92 Å². The molecule has 0 unspecified atom stereocenters. The van der Waals surface area contributed by atoms with Crippen LogP contribution in [-0.4, -0.2) is 23.6 Å². The summed E-state index contributed by atoms with van der Waals surface area (Å²) in [4.78, 5) is 24.1. The highest BCUT2D eigenvalue weighted by Crippen LogP contribution is 2.13. The van der Waals surface area contributed by atoms with E-state index in [9.17, 15) is 9.59 Å². The molecule has 5 nitrogen and oxygen atoms in total. The molecule has 0 heterocycles. The van der Waals surface area contributed by atoms with Crippen molar-refractivity contribution in [3.8, 4) is 0 Å². The van der Waals surface area contributed by atoms with Gasteiger partial charge in [-0.15, -0.1) is 0 Å². The predicted molar refractivity (Wildman–Crippen MR) is 83.1 cm³/mol. The second kappa shape index (κ2) is 7.11. The lowest BCUT2D eigenvalue weighted by Crippen LogP contribution is -2.48. The van der Waals surface area contributed by atoms with Gasteiger partial charge >= 0.3 is 12.0 Å². The molecule has 0 bridgehead atoms. The summed E-state index contributed by atoms with van der Waals surface area (Å²) in [5, 5.41) is 5.35. The molecule has 1 atom stereocenters. The molecule has 0 fully saturated rings. The standard InChI is InChI=1S/C16H24N2O3/c1-11(2)13(14(19)21-16(3,4)5)18-15(20)17-12-9-7-6-8-10-12/h6-11,13H,1-5H3,(H2,17,18,20)/t13-/m0/s1. The molecule has 0 aromatic heterocycles. The van der Waals surface area contributed by atoms with Gasteiger partial charge in [-0.05, 0) is 38.8 Å². The number of ether oxygens (including phenoxy) is 1. The number of para-hydroxylation sites is 1. The van der Waals surface area contributed by atoms with Gasteiger partial charge in [0.1, 0.15) is 11.6 Å². The van der Waals surface area contributed by atoms with Gasteiger partial charge in [0, 0.05) is 5.69 Å². The summed E-state index contributed by atoms with van der Waals surface area (Å²) >= 11 is 0. The number of benzene rings is 1. The fourth-order valence-corrected chi connectivity index (χ4v) is 1.69. The fraction of sp³-hybridized carbons (Fsp3) is 0.500. The Morgan fingerprint density at radius 2 is 1.67 bits per heavy atom. The van der Waals surface area contributed by atoms with Crippen molar-refractivity contribution < 1.29 is 14.3 Å². The average molecular weight is 292 g/mol. The molecule has 0 saturated carbocycles. The van der Waals surface area contributed by atoms with Crippen molar-refractivity contribution in [2.45, 2.75) is 46.3 Å². The minimum atomic E-state index is -0.687. The van der Waals surface area contributed by atoms with Crippen LogP contribution in [0.25, 0.3) is 0 Å². The van der Waals surface area contributed by atoms with Gasteiger partial charge in [0.15, 0.2) is 0 Å². The molecule has 0 saturated heterocycles. The highest BCUT2D eigenvalue weighted by molar-refractivity contribution is 5.92. The third kappa shape index (κ3) is 6.29. The number of carbonyl (C=O) groups is 2. The van der Waals surface area contributed by atoms with Gasteiger partial charge in [-0.25, -0.2) is 9.59 Å². The van der Waals surface area contributed by atoms with Gasteiger partial charge < -0.3 is 15.4 Å². The summed E-state index contributed by atoms with van der Waals surface area (Å²) in [5.74, 6) is -0.498. The maximum Gasteiger partial charge on any atom is 0.329 e. The first-order chi connectivity index (χ1) is 9.69. The monoisotopic (exact) mass is 292 g/mol. The third-order valence-corrected chi connectivity index (χ3v) is 2.65. The molecular weight excluding hydrogens is 268 g/mol. The maximum atomic E-state index is 12.1. The lowest BCUT2D eigenvalue weighted by Gasteiger charge is -2.26. The Kier molecular flexibility index (Phi) is 5.76. The minimum absolute atomic E-state index is 0.0682.